The minimum Gasteiger partial charge on any atom is -0.305 e. The number of nitrogens with one attached hydrogen (secondary N) is 1. The molecule has 2 aromatic rings. The standard InChI is InChI=1S/C16H22N2S/c1-5-17-15(14-10-19-11-18-14)12-6-8-13(9-7-12)16(2,3)4/h6-11,15,17H,5H2,1-4H3. The third-order valence-electron chi connectivity index (χ3n) is 3.27. The molecule has 3 heteroatoms. The van der Waals surface area contributed by atoms with E-state index in [4.69, 9.17) is 0 Å². The van der Waals surface area contributed by atoms with Gasteiger partial charge in [-0.25, -0.2) is 4.98 Å². The van der Waals surface area contributed by atoms with Gasteiger partial charge >= 0.3 is 0 Å². The van der Waals surface area contributed by atoms with Crippen molar-refractivity contribution in [1.29, 1.82) is 0 Å². The lowest BCUT2D eigenvalue weighted by atomic mass is 9.86. The van der Waals surface area contributed by atoms with E-state index in [2.05, 4.69) is 67.6 Å². The van der Waals surface area contributed by atoms with Crippen LogP contribution in [0.15, 0.2) is 35.2 Å². The van der Waals surface area contributed by atoms with Crippen molar-refractivity contribution in [2.24, 2.45) is 0 Å². The second-order valence-corrected chi connectivity index (χ2v) is 6.49. The smallest absolute Gasteiger partial charge is 0.0795 e. The average molecular weight is 274 g/mol. The van der Waals surface area contributed by atoms with Crippen molar-refractivity contribution in [3.63, 3.8) is 0 Å². The average Bonchev–Trinajstić information content (AvgIpc) is 2.89. The molecule has 1 heterocycles. The summed E-state index contributed by atoms with van der Waals surface area (Å²) in [4.78, 5) is 4.44. The predicted molar refractivity (Wildman–Crippen MR) is 82.8 cm³/mol. The second kappa shape index (κ2) is 5.85. The third kappa shape index (κ3) is 3.43. The zero-order valence-corrected chi connectivity index (χ0v) is 12.9. The van der Waals surface area contributed by atoms with E-state index in [0.717, 1.165) is 12.2 Å². The van der Waals surface area contributed by atoms with Gasteiger partial charge in [0.1, 0.15) is 0 Å². The van der Waals surface area contributed by atoms with Crippen LogP contribution in [-0.2, 0) is 5.41 Å². The number of hydrogen-bond donors (Lipinski definition) is 1. The van der Waals surface area contributed by atoms with Gasteiger partial charge in [-0.3, -0.25) is 0 Å². The van der Waals surface area contributed by atoms with E-state index in [1.54, 1.807) is 11.3 Å². The summed E-state index contributed by atoms with van der Waals surface area (Å²) in [5, 5.41) is 5.62. The Hall–Kier alpha value is -1.19. The fourth-order valence-electron chi connectivity index (χ4n) is 2.14. The van der Waals surface area contributed by atoms with Crippen LogP contribution in [0.25, 0.3) is 0 Å². The van der Waals surface area contributed by atoms with E-state index in [1.807, 2.05) is 5.51 Å². The van der Waals surface area contributed by atoms with E-state index >= 15 is 0 Å². The van der Waals surface area contributed by atoms with Gasteiger partial charge in [-0.1, -0.05) is 52.0 Å². The molecule has 1 aromatic carbocycles. The SMILES string of the molecule is CCNC(c1ccc(C(C)(C)C)cc1)c1cscn1. The van der Waals surface area contributed by atoms with Gasteiger partial charge in [0.2, 0.25) is 0 Å². The van der Waals surface area contributed by atoms with Crippen molar-refractivity contribution in [2.75, 3.05) is 6.54 Å². The summed E-state index contributed by atoms with van der Waals surface area (Å²) >= 11 is 1.64. The molecule has 0 radical (unpaired) electrons. The molecule has 0 saturated heterocycles. The van der Waals surface area contributed by atoms with Gasteiger partial charge in [0.15, 0.2) is 0 Å². The van der Waals surface area contributed by atoms with Crippen LogP contribution < -0.4 is 5.32 Å². The number of rotatable bonds is 4. The Bertz CT molecular complexity index is 495. The molecule has 0 saturated carbocycles. The summed E-state index contributed by atoms with van der Waals surface area (Å²) in [5.74, 6) is 0. The van der Waals surface area contributed by atoms with E-state index < -0.39 is 0 Å². The molecule has 0 bridgehead atoms. The Morgan fingerprint density at radius 3 is 2.37 bits per heavy atom. The predicted octanol–water partition coefficient (Wildman–Crippen LogP) is 4.14. The van der Waals surface area contributed by atoms with Gasteiger partial charge in [-0.05, 0) is 23.1 Å². The number of hydrogen-bond acceptors (Lipinski definition) is 3. The normalized spacial score (nSPS) is 13.5. The molecular weight excluding hydrogens is 252 g/mol. The highest BCUT2D eigenvalue weighted by atomic mass is 32.1. The molecular formula is C16H22N2S. The van der Waals surface area contributed by atoms with Gasteiger partial charge in [0.25, 0.3) is 0 Å². The maximum absolute atomic E-state index is 4.44. The summed E-state index contributed by atoms with van der Waals surface area (Å²) in [6.07, 6.45) is 0. The first-order valence-corrected chi connectivity index (χ1v) is 7.68. The highest BCUT2D eigenvalue weighted by Crippen LogP contribution is 2.26. The molecule has 2 rings (SSSR count). The molecule has 102 valence electrons. The summed E-state index contributed by atoms with van der Waals surface area (Å²) in [5.41, 5.74) is 5.84. The van der Waals surface area contributed by atoms with Crippen LogP contribution in [0, 0.1) is 0 Å². The molecule has 1 N–H and O–H groups in total. The second-order valence-electron chi connectivity index (χ2n) is 5.78. The maximum Gasteiger partial charge on any atom is 0.0795 e. The number of aromatic nitrogens is 1. The first-order valence-electron chi connectivity index (χ1n) is 6.74. The quantitative estimate of drug-likeness (QED) is 0.906. The van der Waals surface area contributed by atoms with Gasteiger partial charge in [0, 0.05) is 5.38 Å². The molecule has 0 aliphatic carbocycles. The highest BCUT2D eigenvalue weighted by Gasteiger charge is 2.17. The molecule has 19 heavy (non-hydrogen) atoms. The molecule has 1 unspecified atom stereocenters. The number of nitrogens with zero attached hydrogens (tertiary/aromatic N) is 1. The lowest BCUT2D eigenvalue weighted by molar-refractivity contribution is 0.587. The van der Waals surface area contributed by atoms with Gasteiger partial charge < -0.3 is 5.32 Å². The Labute approximate surface area is 119 Å². The Balaban J connectivity index is 2.28. The molecule has 0 aliphatic heterocycles. The van der Waals surface area contributed by atoms with Crippen molar-refractivity contribution in [2.45, 2.75) is 39.2 Å². The Morgan fingerprint density at radius 1 is 1.21 bits per heavy atom. The van der Waals surface area contributed by atoms with Crippen LogP contribution in [0.3, 0.4) is 0 Å². The summed E-state index contributed by atoms with van der Waals surface area (Å²) in [6.45, 7) is 9.78. The lowest BCUT2D eigenvalue weighted by Crippen LogP contribution is -2.22. The van der Waals surface area contributed by atoms with Crippen LogP contribution >= 0.6 is 11.3 Å². The van der Waals surface area contributed by atoms with Crippen LogP contribution in [0.4, 0.5) is 0 Å². The van der Waals surface area contributed by atoms with E-state index in [0.29, 0.717) is 0 Å². The molecule has 1 aromatic heterocycles. The van der Waals surface area contributed by atoms with E-state index in [9.17, 15) is 0 Å². The zero-order valence-electron chi connectivity index (χ0n) is 12.1. The van der Waals surface area contributed by atoms with Crippen molar-refractivity contribution in [3.8, 4) is 0 Å². The van der Waals surface area contributed by atoms with Gasteiger partial charge in [-0.2, -0.15) is 0 Å². The summed E-state index contributed by atoms with van der Waals surface area (Å²) in [6, 6.07) is 9.09. The van der Waals surface area contributed by atoms with Crippen LogP contribution in [-0.4, -0.2) is 11.5 Å². The monoisotopic (exact) mass is 274 g/mol. The Kier molecular flexibility index (Phi) is 4.38. The largest absolute Gasteiger partial charge is 0.305 e. The highest BCUT2D eigenvalue weighted by molar-refractivity contribution is 7.07. The molecule has 2 nitrogen and oxygen atoms in total. The lowest BCUT2D eigenvalue weighted by Gasteiger charge is -2.21. The maximum atomic E-state index is 4.44. The summed E-state index contributed by atoms with van der Waals surface area (Å²) in [7, 11) is 0. The van der Waals surface area contributed by atoms with Crippen LogP contribution in [0.1, 0.15) is 50.6 Å². The van der Waals surface area contributed by atoms with E-state index in [1.165, 1.54) is 11.1 Å². The topological polar surface area (TPSA) is 24.9 Å². The third-order valence-corrected chi connectivity index (χ3v) is 3.87. The fraction of sp³-hybridized carbons (Fsp3) is 0.438. The fourth-order valence-corrected chi connectivity index (χ4v) is 2.72. The number of benzene rings is 1. The first kappa shape index (κ1) is 14.2. The zero-order chi connectivity index (χ0) is 13.9. The first-order chi connectivity index (χ1) is 9.02. The molecule has 1 atom stereocenters. The molecule has 0 aliphatic rings. The van der Waals surface area contributed by atoms with Gasteiger partial charge in [0.05, 0.1) is 17.2 Å². The van der Waals surface area contributed by atoms with Crippen molar-refractivity contribution in [3.05, 3.63) is 52.0 Å². The van der Waals surface area contributed by atoms with E-state index in [-0.39, 0.29) is 11.5 Å². The van der Waals surface area contributed by atoms with Crippen molar-refractivity contribution in [1.82, 2.24) is 10.3 Å². The van der Waals surface area contributed by atoms with Crippen LogP contribution in [0.5, 0.6) is 0 Å². The van der Waals surface area contributed by atoms with Crippen molar-refractivity contribution >= 4 is 11.3 Å². The molecule has 0 fully saturated rings. The van der Waals surface area contributed by atoms with Crippen molar-refractivity contribution < 1.29 is 0 Å². The summed E-state index contributed by atoms with van der Waals surface area (Å²) < 4.78 is 0. The number of thiazole rings is 1. The minimum absolute atomic E-state index is 0.199. The van der Waals surface area contributed by atoms with Crippen LogP contribution in [0.2, 0.25) is 0 Å². The Morgan fingerprint density at radius 2 is 1.89 bits per heavy atom. The molecule has 0 spiro atoms. The molecule has 0 amide bonds. The van der Waals surface area contributed by atoms with Gasteiger partial charge in [-0.15, -0.1) is 11.3 Å². The minimum atomic E-state index is 0.199.